The third-order valence-corrected chi connectivity index (χ3v) is 5.49. The number of carbonyl (C=O) groups is 2. The molecular formula is C25H33FN2O2. The summed E-state index contributed by atoms with van der Waals surface area (Å²) in [5, 5.41) is 2.95. The summed E-state index contributed by atoms with van der Waals surface area (Å²) in [5.74, 6) is -0.590. The molecule has 0 saturated heterocycles. The average Bonchev–Trinajstić information content (AvgIpc) is 2.76. The molecule has 4 nitrogen and oxygen atoms in total. The van der Waals surface area contributed by atoms with Crippen molar-refractivity contribution in [3.05, 3.63) is 71.0 Å². The summed E-state index contributed by atoms with van der Waals surface area (Å²) in [4.78, 5) is 27.4. The Labute approximate surface area is 179 Å². The number of hydrogen-bond donors (Lipinski definition) is 1. The molecule has 0 aliphatic heterocycles. The Bertz CT molecular complexity index is 818. The monoisotopic (exact) mass is 412 g/mol. The fourth-order valence-electron chi connectivity index (χ4n) is 3.17. The largest absolute Gasteiger partial charge is 0.352 e. The van der Waals surface area contributed by atoms with Gasteiger partial charge in [0, 0.05) is 19.0 Å². The minimum atomic E-state index is -0.612. The van der Waals surface area contributed by atoms with Crippen LogP contribution in [0.25, 0.3) is 0 Å². The first-order valence-electron chi connectivity index (χ1n) is 10.8. The zero-order chi connectivity index (χ0) is 22.1. The molecule has 2 rings (SSSR count). The highest BCUT2D eigenvalue weighted by Gasteiger charge is 2.26. The minimum Gasteiger partial charge on any atom is -0.352 e. The maximum Gasteiger partial charge on any atom is 0.242 e. The molecule has 0 radical (unpaired) electrons. The molecule has 0 aliphatic rings. The maximum absolute atomic E-state index is 13.3. The standard InChI is InChI=1S/C25H33FN2O2/c1-5-18(3)27-25(30)19(4)28(17-22-11-14-23(26)15-12-22)24(29)16-13-21-9-7-20(6-2)8-10-21/h7-12,14-15,18-19H,5-6,13,16-17H2,1-4H3,(H,27,30). The predicted molar refractivity (Wildman–Crippen MR) is 118 cm³/mol. The molecule has 0 fully saturated rings. The second-order valence-corrected chi connectivity index (χ2v) is 7.81. The molecular weight excluding hydrogens is 379 g/mol. The van der Waals surface area contributed by atoms with Crippen molar-refractivity contribution >= 4 is 11.8 Å². The van der Waals surface area contributed by atoms with Gasteiger partial charge in [-0.1, -0.05) is 50.2 Å². The summed E-state index contributed by atoms with van der Waals surface area (Å²) < 4.78 is 13.3. The molecule has 5 heteroatoms. The van der Waals surface area contributed by atoms with Crippen LogP contribution in [-0.4, -0.2) is 28.8 Å². The highest BCUT2D eigenvalue weighted by Crippen LogP contribution is 2.14. The molecule has 0 aliphatic carbocycles. The van der Waals surface area contributed by atoms with Crippen LogP contribution in [0.5, 0.6) is 0 Å². The Hall–Kier alpha value is -2.69. The van der Waals surface area contributed by atoms with Crippen LogP contribution in [0.15, 0.2) is 48.5 Å². The number of benzene rings is 2. The Balaban J connectivity index is 2.12. The van der Waals surface area contributed by atoms with E-state index in [0.717, 1.165) is 24.0 Å². The van der Waals surface area contributed by atoms with Gasteiger partial charge in [0.1, 0.15) is 11.9 Å². The van der Waals surface area contributed by atoms with E-state index in [9.17, 15) is 14.0 Å². The van der Waals surface area contributed by atoms with Gasteiger partial charge in [-0.15, -0.1) is 0 Å². The topological polar surface area (TPSA) is 49.4 Å². The summed E-state index contributed by atoms with van der Waals surface area (Å²) in [6.45, 7) is 8.06. The lowest BCUT2D eigenvalue weighted by atomic mass is 10.0. The molecule has 1 N–H and O–H groups in total. The van der Waals surface area contributed by atoms with Crippen LogP contribution in [0.3, 0.4) is 0 Å². The summed E-state index contributed by atoms with van der Waals surface area (Å²) in [5.41, 5.74) is 3.15. The first-order valence-corrected chi connectivity index (χ1v) is 10.8. The van der Waals surface area contributed by atoms with Crippen molar-refractivity contribution in [3.8, 4) is 0 Å². The fraction of sp³-hybridized carbons (Fsp3) is 0.440. The van der Waals surface area contributed by atoms with E-state index in [1.165, 1.54) is 17.7 Å². The van der Waals surface area contributed by atoms with Gasteiger partial charge in [-0.05, 0) is 61.9 Å². The lowest BCUT2D eigenvalue weighted by Gasteiger charge is -2.30. The predicted octanol–water partition coefficient (Wildman–Crippen LogP) is 4.65. The molecule has 30 heavy (non-hydrogen) atoms. The van der Waals surface area contributed by atoms with Crippen LogP contribution in [0.1, 0.15) is 57.2 Å². The van der Waals surface area contributed by atoms with Crippen molar-refractivity contribution in [1.82, 2.24) is 10.2 Å². The van der Waals surface area contributed by atoms with Crippen molar-refractivity contribution < 1.29 is 14.0 Å². The smallest absolute Gasteiger partial charge is 0.242 e. The number of aryl methyl sites for hydroxylation is 2. The van der Waals surface area contributed by atoms with Gasteiger partial charge < -0.3 is 10.2 Å². The average molecular weight is 413 g/mol. The highest BCUT2D eigenvalue weighted by atomic mass is 19.1. The SMILES string of the molecule is CCc1ccc(CCC(=O)N(Cc2ccc(F)cc2)C(C)C(=O)NC(C)CC)cc1. The zero-order valence-corrected chi connectivity index (χ0v) is 18.5. The third-order valence-electron chi connectivity index (χ3n) is 5.49. The van der Waals surface area contributed by atoms with Gasteiger partial charge in [0.2, 0.25) is 11.8 Å². The second kappa shape index (κ2) is 11.5. The van der Waals surface area contributed by atoms with E-state index in [0.29, 0.717) is 12.8 Å². The first-order chi connectivity index (χ1) is 14.3. The first kappa shape index (κ1) is 23.6. The quantitative estimate of drug-likeness (QED) is 0.617. The Morgan fingerprint density at radius 3 is 2.07 bits per heavy atom. The maximum atomic E-state index is 13.3. The summed E-state index contributed by atoms with van der Waals surface area (Å²) in [6.07, 6.45) is 2.72. The Morgan fingerprint density at radius 2 is 1.50 bits per heavy atom. The van der Waals surface area contributed by atoms with E-state index in [1.807, 2.05) is 13.8 Å². The Kier molecular flexibility index (Phi) is 9.03. The minimum absolute atomic E-state index is 0.0415. The van der Waals surface area contributed by atoms with E-state index >= 15 is 0 Å². The van der Waals surface area contributed by atoms with Gasteiger partial charge >= 0.3 is 0 Å². The van der Waals surface area contributed by atoms with Crippen molar-refractivity contribution in [1.29, 1.82) is 0 Å². The molecule has 2 amide bonds. The van der Waals surface area contributed by atoms with Crippen LogP contribution in [0.4, 0.5) is 4.39 Å². The van der Waals surface area contributed by atoms with Crippen LogP contribution >= 0.6 is 0 Å². The summed E-state index contributed by atoms with van der Waals surface area (Å²) >= 11 is 0. The van der Waals surface area contributed by atoms with Crippen LogP contribution < -0.4 is 5.32 Å². The van der Waals surface area contributed by atoms with E-state index in [1.54, 1.807) is 24.0 Å². The van der Waals surface area contributed by atoms with Crippen LogP contribution in [0.2, 0.25) is 0 Å². The van der Waals surface area contributed by atoms with E-state index in [4.69, 9.17) is 0 Å². The van der Waals surface area contributed by atoms with Gasteiger partial charge in [0.05, 0.1) is 0 Å². The molecule has 2 aromatic rings. The molecule has 2 atom stereocenters. The van der Waals surface area contributed by atoms with Gasteiger partial charge in [-0.2, -0.15) is 0 Å². The molecule has 0 spiro atoms. The van der Waals surface area contributed by atoms with Gasteiger partial charge in [0.25, 0.3) is 0 Å². The molecule has 0 heterocycles. The zero-order valence-electron chi connectivity index (χ0n) is 18.5. The number of halogens is 1. The Morgan fingerprint density at radius 1 is 0.933 bits per heavy atom. The third kappa shape index (κ3) is 6.97. The molecule has 0 saturated carbocycles. The van der Waals surface area contributed by atoms with Crippen LogP contribution in [0, 0.1) is 5.82 Å². The van der Waals surface area contributed by atoms with Gasteiger partial charge in [0.15, 0.2) is 0 Å². The van der Waals surface area contributed by atoms with Crippen molar-refractivity contribution in [2.75, 3.05) is 0 Å². The summed E-state index contributed by atoms with van der Waals surface area (Å²) in [6, 6.07) is 13.7. The van der Waals surface area contributed by atoms with Gasteiger partial charge in [-0.3, -0.25) is 9.59 Å². The lowest BCUT2D eigenvalue weighted by Crippen LogP contribution is -2.49. The van der Waals surface area contributed by atoms with E-state index in [-0.39, 0.29) is 30.2 Å². The molecule has 0 bridgehead atoms. The highest BCUT2D eigenvalue weighted by molar-refractivity contribution is 5.87. The number of nitrogens with one attached hydrogen (secondary N) is 1. The summed E-state index contributed by atoms with van der Waals surface area (Å²) in [7, 11) is 0. The van der Waals surface area contributed by atoms with Crippen molar-refractivity contribution in [3.63, 3.8) is 0 Å². The number of amides is 2. The number of carbonyl (C=O) groups excluding carboxylic acids is 2. The van der Waals surface area contributed by atoms with Crippen LogP contribution in [-0.2, 0) is 29.0 Å². The molecule has 162 valence electrons. The fourth-order valence-corrected chi connectivity index (χ4v) is 3.17. The number of nitrogens with zero attached hydrogens (tertiary/aromatic N) is 1. The second-order valence-electron chi connectivity index (χ2n) is 7.81. The van der Waals surface area contributed by atoms with Crippen molar-refractivity contribution in [2.45, 2.75) is 72.0 Å². The van der Waals surface area contributed by atoms with E-state index in [2.05, 4.69) is 36.5 Å². The number of hydrogen-bond acceptors (Lipinski definition) is 2. The number of rotatable bonds is 10. The normalized spacial score (nSPS) is 12.8. The van der Waals surface area contributed by atoms with E-state index < -0.39 is 6.04 Å². The lowest BCUT2D eigenvalue weighted by molar-refractivity contribution is -0.140. The van der Waals surface area contributed by atoms with Gasteiger partial charge in [-0.25, -0.2) is 4.39 Å². The van der Waals surface area contributed by atoms with Crippen molar-refractivity contribution in [2.24, 2.45) is 0 Å². The molecule has 0 aromatic heterocycles. The molecule has 2 aromatic carbocycles. The molecule has 2 unspecified atom stereocenters.